The number of likely N-dealkylation sites (N-methyl/N-ethyl adjacent to an activating group) is 1. The predicted octanol–water partition coefficient (Wildman–Crippen LogP) is 4.48. The molecule has 0 radical (unpaired) electrons. The number of rotatable bonds is 7. The number of benzene rings is 1. The van der Waals surface area contributed by atoms with Crippen molar-refractivity contribution in [3.05, 3.63) is 34.9 Å². The highest BCUT2D eigenvalue weighted by Crippen LogP contribution is 2.28. The van der Waals surface area contributed by atoms with Gasteiger partial charge >= 0.3 is 0 Å². The van der Waals surface area contributed by atoms with E-state index in [1.165, 1.54) is 12.0 Å². The van der Waals surface area contributed by atoms with Crippen molar-refractivity contribution in [1.29, 1.82) is 0 Å². The Morgan fingerprint density at radius 1 is 1.15 bits per heavy atom. The second kappa shape index (κ2) is 8.02. The summed E-state index contributed by atoms with van der Waals surface area (Å²) in [6.45, 7) is 8.96. The van der Waals surface area contributed by atoms with Gasteiger partial charge in [-0.2, -0.15) is 0 Å². The summed E-state index contributed by atoms with van der Waals surface area (Å²) in [7, 11) is 2.18. The Balaban J connectivity index is 2.97. The first kappa shape index (κ1) is 17.5. The summed E-state index contributed by atoms with van der Waals surface area (Å²) in [6.07, 6.45) is 2.14. The minimum Gasteiger partial charge on any atom is -0.326 e. The summed E-state index contributed by atoms with van der Waals surface area (Å²) in [5, 5.41) is 0.774. The Kier molecular flexibility index (Phi) is 7.01. The summed E-state index contributed by atoms with van der Waals surface area (Å²) < 4.78 is 0. The van der Waals surface area contributed by atoms with Gasteiger partial charge < -0.3 is 5.73 Å². The molecular weight excluding hydrogens is 268 g/mol. The molecular formula is C17H29ClN2. The lowest BCUT2D eigenvalue weighted by atomic mass is 9.94. The Labute approximate surface area is 129 Å². The van der Waals surface area contributed by atoms with Crippen LogP contribution in [0.15, 0.2) is 24.3 Å². The third-order valence-corrected chi connectivity index (χ3v) is 4.29. The maximum absolute atomic E-state index is 6.38. The minimum absolute atomic E-state index is 0.135. The molecule has 3 atom stereocenters. The van der Waals surface area contributed by atoms with Gasteiger partial charge in [0.15, 0.2) is 0 Å². The highest BCUT2D eigenvalue weighted by molar-refractivity contribution is 6.30. The van der Waals surface area contributed by atoms with Gasteiger partial charge in [0.1, 0.15) is 0 Å². The van der Waals surface area contributed by atoms with E-state index in [1.807, 2.05) is 12.1 Å². The van der Waals surface area contributed by atoms with Crippen molar-refractivity contribution in [1.82, 2.24) is 4.90 Å². The summed E-state index contributed by atoms with van der Waals surface area (Å²) in [6, 6.07) is 8.98. The van der Waals surface area contributed by atoms with Crippen LogP contribution in [0.3, 0.4) is 0 Å². The largest absolute Gasteiger partial charge is 0.326 e. The fourth-order valence-corrected chi connectivity index (χ4v) is 2.92. The zero-order valence-corrected chi connectivity index (χ0v) is 14.2. The average Bonchev–Trinajstić information content (AvgIpc) is 2.40. The number of hydrogen-bond donors (Lipinski definition) is 1. The van der Waals surface area contributed by atoms with Crippen LogP contribution in [0.2, 0.25) is 5.02 Å². The maximum Gasteiger partial charge on any atom is 0.0498 e. The second-order valence-electron chi connectivity index (χ2n) is 6.21. The molecule has 1 aromatic rings. The normalized spacial score (nSPS) is 16.4. The first-order chi connectivity index (χ1) is 9.36. The summed E-state index contributed by atoms with van der Waals surface area (Å²) in [5.41, 5.74) is 7.63. The number of hydrogen-bond acceptors (Lipinski definition) is 2. The van der Waals surface area contributed by atoms with Crippen molar-refractivity contribution in [2.45, 2.75) is 58.7 Å². The van der Waals surface area contributed by atoms with E-state index in [1.54, 1.807) is 0 Å². The SMILES string of the molecule is CCC(N)C(c1ccc(Cl)cc1)N(C)C(C)CC(C)C. The molecule has 0 aliphatic rings. The van der Waals surface area contributed by atoms with E-state index in [0.717, 1.165) is 11.4 Å². The molecule has 2 N–H and O–H groups in total. The standard InChI is InChI=1S/C17H29ClN2/c1-6-16(19)17(14-7-9-15(18)10-8-14)20(5)13(4)11-12(2)3/h7-10,12-13,16-17H,6,11,19H2,1-5H3. The number of halogens is 1. The van der Waals surface area contributed by atoms with Gasteiger partial charge in [-0.15, -0.1) is 0 Å². The van der Waals surface area contributed by atoms with Crippen LogP contribution in [0.5, 0.6) is 0 Å². The van der Waals surface area contributed by atoms with E-state index >= 15 is 0 Å². The molecule has 0 aliphatic carbocycles. The molecule has 0 saturated carbocycles. The molecule has 0 aliphatic heterocycles. The molecule has 3 heteroatoms. The van der Waals surface area contributed by atoms with Crippen molar-refractivity contribution in [2.75, 3.05) is 7.05 Å². The van der Waals surface area contributed by atoms with Crippen LogP contribution in [0, 0.1) is 5.92 Å². The van der Waals surface area contributed by atoms with E-state index in [4.69, 9.17) is 17.3 Å². The van der Waals surface area contributed by atoms with Crippen LogP contribution in [0.1, 0.15) is 52.1 Å². The number of nitrogens with zero attached hydrogens (tertiary/aromatic N) is 1. The summed E-state index contributed by atoms with van der Waals surface area (Å²) >= 11 is 6.00. The molecule has 0 saturated heterocycles. The third-order valence-electron chi connectivity index (χ3n) is 4.04. The lowest BCUT2D eigenvalue weighted by Gasteiger charge is -2.37. The van der Waals surface area contributed by atoms with E-state index in [-0.39, 0.29) is 12.1 Å². The zero-order chi connectivity index (χ0) is 15.3. The molecule has 0 amide bonds. The second-order valence-corrected chi connectivity index (χ2v) is 6.65. The highest BCUT2D eigenvalue weighted by Gasteiger charge is 2.26. The lowest BCUT2D eigenvalue weighted by molar-refractivity contribution is 0.142. The number of nitrogens with two attached hydrogens (primary N) is 1. The zero-order valence-electron chi connectivity index (χ0n) is 13.4. The van der Waals surface area contributed by atoms with Gasteiger partial charge in [0.2, 0.25) is 0 Å². The van der Waals surface area contributed by atoms with E-state index in [2.05, 4.69) is 51.8 Å². The smallest absolute Gasteiger partial charge is 0.0498 e. The molecule has 3 unspecified atom stereocenters. The van der Waals surface area contributed by atoms with Crippen LogP contribution in [0.25, 0.3) is 0 Å². The van der Waals surface area contributed by atoms with Crippen LogP contribution in [-0.2, 0) is 0 Å². The minimum atomic E-state index is 0.135. The van der Waals surface area contributed by atoms with E-state index in [9.17, 15) is 0 Å². The molecule has 1 rings (SSSR count). The van der Waals surface area contributed by atoms with Gasteiger partial charge in [-0.3, -0.25) is 4.90 Å². The molecule has 0 bridgehead atoms. The fraction of sp³-hybridized carbons (Fsp3) is 0.647. The van der Waals surface area contributed by atoms with E-state index < -0.39 is 0 Å². The molecule has 2 nitrogen and oxygen atoms in total. The molecule has 1 aromatic carbocycles. The fourth-order valence-electron chi connectivity index (χ4n) is 2.79. The Morgan fingerprint density at radius 3 is 2.15 bits per heavy atom. The monoisotopic (exact) mass is 296 g/mol. The van der Waals surface area contributed by atoms with Crippen molar-refractivity contribution in [3.8, 4) is 0 Å². The van der Waals surface area contributed by atoms with Gasteiger partial charge in [-0.25, -0.2) is 0 Å². The van der Waals surface area contributed by atoms with Gasteiger partial charge in [0.05, 0.1) is 0 Å². The third kappa shape index (κ3) is 4.76. The maximum atomic E-state index is 6.38. The molecule has 0 spiro atoms. The molecule has 20 heavy (non-hydrogen) atoms. The molecule has 0 fully saturated rings. The Hall–Kier alpha value is -0.570. The lowest BCUT2D eigenvalue weighted by Crippen LogP contribution is -2.43. The van der Waals surface area contributed by atoms with Gasteiger partial charge in [-0.05, 0) is 50.4 Å². The van der Waals surface area contributed by atoms with Crippen LogP contribution >= 0.6 is 11.6 Å². The average molecular weight is 297 g/mol. The Morgan fingerprint density at radius 2 is 1.70 bits per heavy atom. The van der Waals surface area contributed by atoms with Crippen molar-refractivity contribution in [3.63, 3.8) is 0 Å². The van der Waals surface area contributed by atoms with Gasteiger partial charge in [0, 0.05) is 23.1 Å². The van der Waals surface area contributed by atoms with Gasteiger partial charge in [0.25, 0.3) is 0 Å². The van der Waals surface area contributed by atoms with Crippen molar-refractivity contribution < 1.29 is 0 Å². The van der Waals surface area contributed by atoms with Crippen molar-refractivity contribution >= 4 is 11.6 Å². The van der Waals surface area contributed by atoms with Crippen LogP contribution in [-0.4, -0.2) is 24.0 Å². The van der Waals surface area contributed by atoms with Crippen LogP contribution in [0.4, 0.5) is 0 Å². The Bertz CT molecular complexity index is 388. The first-order valence-electron chi connectivity index (χ1n) is 7.59. The van der Waals surface area contributed by atoms with Gasteiger partial charge in [-0.1, -0.05) is 44.5 Å². The quantitative estimate of drug-likeness (QED) is 0.803. The van der Waals surface area contributed by atoms with Crippen LogP contribution < -0.4 is 5.73 Å². The molecule has 0 heterocycles. The first-order valence-corrected chi connectivity index (χ1v) is 7.97. The van der Waals surface area contributed by atoms with E-state index in [0.29, 0.717) is 12.0 Å². The molecule has 0 aromatic heterocycles. The highest BCUT2D eigenvalue weighted by atomic mass is 35.5. The summed E-state index contributed by atoms with van der Waals surface area (Å²) in [4.78, 5) is 2.41. The topological polar surface area (TPSA) is 29.3 Å². The predicted molar refractivity (Wildman–Crippen MR) is 89.1 cm³/mol. The van der Waals surface area contributed by atoms with Crippen molar-refractivity contribution in [2.24, 2.45) is 11.7 Å². The summed E-state index contributed by atoms with van der Waals surface area (Å²) in [5.74, 6) is 0.691. The molecule has 114 valence electrons.